The fourth-order valence-electron chi connectivity index (χ4n) is 1.94. The maximum absolute atomic E-state index is 12.0. The summed E-state index contributed by atoms with van der Waals surface area (Å²) in [5, 5.41) is 9.94. The molecule has 1 aromatic rings. The first-order valence-corrected chi connectivity index (χ1v) is 8.06. The molecule has 0 bridgehead atoms. The van der Waals surface area contributed by atoms with Gasteiger partial charge in [-0.3, -0.25) is 4.18 Å². The van der Waals surface area contributed by atoms with Crippen molar-refractivity contribution >= 4 is 10.1 Å². The van der Waals surface area contributed by atoms with Crippen molar-refractivity contribution in [2.24, 2.45) is 0 Å². The molecule has 1 N–H and O–H groups in total. The van der Waals surface area contributed by atoms with Crippen LogP contribution in [0.25, 0.3) is 0 Å². The second kappa shape index (κ2) is 6.02. The molecule has 1 saturated heterocycles. The Balaban J connectivity index is 1.94. The van der Waals surface area contributed by atoms with Gasteiger partial charge < -0.3 is 14.6 Å². The van der Waals surface area contributed by atoms with E-state index in [1.165, 1.54) is 12.1 Å². The van der Waals surface area contributed by atoms with Gasteiger partial charge in [0.25, 0.3) is 10.1 Å². The molecule has 0 radical (unpaired) electrons. The summed E-state index contributed by atoms with van der Waals surface area (Å²) in [7, 11) is -3.89. The maximum Gasteiger partial charge on any atom is 0.297 e. The van der Waals surface area contributed by atoms with E-state index in [1.54, 1.807) is 26.0 Å². The first-order chi connectivity index (χ1) is 9.70. The molecule has 1 heterocycles. The Bertz CT molecular complexity index is 578. The summed E-state index contributed by atoms with van der Waals surface area (Å²) in [5.41, 5.74) is 0.952. The molecular weight excluding hydrogens is 296 g/mol. The fraction of sp³-hybridized carbons (Fsp3) is 0.571. The third-order valence-corrected chi connectivity index (χ3v) is 4.46. The quantitative estimate of drug-likeness (QED) is 0.822. The molecule has 1 aliphatic rings. The lowest BCUT2D eigenvalue weighted by atomic mass is 10.2. The molecule has 0 saturated carbocycles. The minimum atomic E-state index is -3.89. The Morgan fingerprint density at radius 1 is 1.38 bits per heavy atom. The number of aliphatic hydroxyl groups excluding tert-OH is 1. The number of rotatable bonds is 5. The molecule has 2 atom stereocenters. The van der Waals surface area contributed by atoms with Crippen LogP contribution in [0.3, 0.4) is 0 Å². The van der Waals surface area contributed by atoms with Crippen molar-refractivity contribution in [2.75, 3.05) is 13.2 Å². The molecule has 1 fully saturated rings. The highest BCUT2D eigenvalue weighted by molar-refractivity contribution is 7.86. The number of ether oxygens (including phenoxy) is 2. The molecule has 1 aromatic carbocycles. The zero-order valence-electron chi connectivity index (χ0n) is 12.3. The van der Waals surface area contributed by atoms with Gasteiger partial charge in [0.1, 0.15) is 12.2 Å². The minimum absolute atomic E-state index is 0.0595. The summed E-state index contributed by atoms with van der Waals surface area (Å²) < 4.78 is 39.6. The van der Waals surface area contributed by atoms with Gasteiger partial charge in [-0.05, 0) is 32.9 Å². The van der Waals surface area contributed by atoms with Crippen molar-refractivity contribution in [3.05, 3.63) is 29.8 Å². The van der Waals surface area contributed by atoms with E-state index in [0.29, 0.717) is 0 Å². The van der Waals surface area contributed by atoms with Crippen molar-refractivity contribution in [3.8, 4) is 0 Å². The van der Waals surface area contributed by atoms with Gasteiger partial charge in [0.2, 0.25) is 0 Å². The molecule has 118 valence electrons. The molecule has 0 aromatic heterocycles. The van der Waals surface area contributed by atoms with Crippen molar-refractivity contribution in [3.63, 3.8) is 0 Å². The Morgan fingerprint density at radius 3 is 2.52 bits per heavy atom. The van der Waals surface area contributed by atoms with Gasteiger partial charge >= 0.3 is 0 Å². The number of aryl methyl sites for hydroxylation is 1. The van der Waals surface area contributed by atoms with E-state index in [-0.39, 0.29) is 18.1 Å². The summed E-state index contributed by atoms with van der Waals surface area (Å²) in [6, 6.07) is 6.30. The van der Waals surface area contributed by atoms with Gasteiger partial charge in [-0.15, -0.1) is 0 Å². The molecule has 0 aliphatic carbocycles. The summed E-state index contributed by atoms with van der Waals surface area (Å²) in [5.74, 6) is -0.776. The van der Waals surface area contributed by atoms with Crippen molar-refractivity contribution < 1.29 is 27.2 Å². The van der Waals surface area contributed by atoms with Crippen LogP contribution in [-0.2, 0) is 23.8 Å². The highest BCUT2D eigenvalue weighted by atomic mass is 32.2. The van der Waals surface area contributed by atoms with E-state index in [2.05, 4.69) is 0 Å². The van der Waals surface area contributed by atoms with E-state index < -0.39 is 28.1 Å². The monoisotopic (exact) mass is 316 g/mol. The Kier molecular flexibility index (Phi) is 4.69. The van der Waals surface area contributed by atoms with Crippen molar-refractivity contribution in [1.82, 2.24) is 0 Å². The molecule has 0 amide bonds. The number of hydrogen-bond donors (Lipinski definition) is 1. The molecule has 2 rings (SSSR count). The van der Waals surface area contributed by atoms with Crippen LogP contribution in [0, 0.1) is 6.92 Å². The predicted molar refractivity (Wildman–Crippen MR) is 75.2 cm³/mol. The Labute approximate surface area is 124 Å². The molecular formula is C14H20O6S. The van der Waals surface area contributed by atoms with Crippen molar-refractivity contribution in [1.29, 1.82) is 0 Å². The summed E-state index contributed by atoms with van der Waals surface area (Å²) in [4.78, 5) is 0.0595. The van der Waals surface area contributed by atoms with Crippen LogP contribution in [0.15, 0.2) is 29.2 Å². The van der Waals surface area contributed by atoms with Crippen LogP contribution >= 0.6 is 0 Å². The van der Waals surface area contributed by atoms with Crippen LogP contribution in [0.4, 0.5) is 0 Å². The normalized spacial score (nSPS) is 23.1. The third kappa shape index (κ3) is 4.24. The average molecular weight is 316 g/mol. The Morgan fingerprint density at radius 2 is 2.00 bits per heavy atom. The van der Waals surface area contributed by atoms with Gasteiger partial charge in [0.15, 0.2) is 5.79 Å². The second-order valence-electron chi connectivity index (χ2n) is 5.49. The molecule has 2 unspecified atom stereocenters. The molecule has 1 aliphatic heterocycles. The van der Waals surface area contributed by atoms with Gasteiger partial charge in [0.05, 0.1) is 18.1 Å². The Hall–Kier alpha value is -0.990. The zero-order chi connectivity index (χ0) is 15.7. The van der Waals surface area contributed by atoms with Gasteiger partial charge in [-0.25, -0.2) is 0 Å². The smallest absolute Gasteiger partial charge is 0.297 e. The lowest BCUT2D eigenvalue weighted by Gasteiger charge is -2.20. The molecule has 7 heteroatoms. The number of benzene rings is 1. The first kappa shape index (κ1) is 16.4. The SMILES string of the molecule is Cc1ccc(S(=O)(=O)OCC(O)C2COC(C)(C)O2)cc1. The van der Waals surface area contributed by atoms with E-state index in [0.717, 1.165) is 5.56 Å². The zero-order valence-corrected chi connectivity index (χ0v) is 13.1. The van der Waals surface area contributed by atoms with Crippen molar-refractivity contribution in [2.45, 2.75) is 43.7 Å². The predicted octanol–water partition coefficient (Wildman–Crippen LogP) is 1.21. The second-order valence-corrected chi connectivity index (χ2v) is 7.10. The average Bonchev–Trinajstić information content (AvgIpc) is 2.77. The minimum Gasteiger partial charge on any atom is -0.388 e. The molecule has 21 heavy (non-hydrogen) atoms. The summed E-state index contributed by atoms with van der Waals surface area (Å²) in [6.07, 6.45) is -1.68. The highest BCUT2D eigenvalue weighted by Gasteiger charge is 2.37. The fourth-order valence-corrected chi connectivity index (χ4v) is 2.87. The molecule has 0 spiro atoms. The van der Waals surface area contributed by atoms with Crippen LogP contribution in [-0.4, -0.2) is 44.7 Å². The van der Waals surface area contributed by atoms with Crippen LogP contribution in [0.5, 0.6) is 0 Å². The highest BCUT2D eigenvalue weighted by Crippen LogP contribution is 2.24. The number of hydrogen-bond acceptors (Lipinski definition) is 6. The van der Waals surface area contributed by atoms with E-state index in [9.17, 15) is 13.5 Å². The van der Waals surface area contributed by atoms with Crippen LogP contribution < -0.4 is 0 Å². The van der Waals surface area contributed by atoms with E-state index >= 15 is 0 Å². The first-order valence-electron chi connectivity index (χ1n) is 6.65. The summed E-state index contributed by atoms with van der Waals surface area (Å²) in [6.45, 7) is 5.13. The number of aliphatic hydroxyl groups is 1. The standard InChI is InChI=1S/C14H20O6S/c1-10-4-6-11(7-5-10)21(16,17)19-8-12(15)13-9-18-14(2,3)20-13/h4-7,12-13,15H,8-9H2,1-3H3. The lowest BCUT2D eigenvalue weighted by molar-refractivity contribution is -0.152. The van der Waals surface area contributed by atoms with Gasteiger partial charge in [-0.1, -0.05) is 17.7 Å². The summed E-state index contributed by atoms with van der Waals surface area (Å²) >= 11 is 0. The van der Waals surface area contributed by atoms with Crippen LogP contribution in [0.2, 0.25) is 0 Å². The van der Waals surface area contributed by atoms with Gasteiger partial charge in [-0.2, -0.15) is 8.42 Å². The lowest BCUT2D eigenvalue weighted by Crippen LogP contribution is -2.34. The third-order valence-electron chi connectivity index (χ3n) is 3.16. The van der Waals surface area contributed by atoms with E-state index in [1.807, 2.05) is 6.92 Å². The molecule has 6 nitrogen and oxygen atoms in total. The maximum atomic E-state index is 12.0. The topological polar surface area (TPSA) is 82.1 Å². The van der Waals surface area contributed by atoms with Gasteiger partial charge in [0, 0.05) is 0 Å². The van der Waals surface area contributed by atoms with Crippen LogP contribution in [0.1, 0.15) is 19.4 Å². The largest absolute Gasteiger partial charge is 0.388 e. The van der Waals surface area contributed by atoms with E-state index in [4.69, 9.17) is 13.7 Å².